The second-order valence-corrected chi connectivity index (χ2v) is 7.19. The quantitative estimate of drug-likeness (QED) is 0.564. The van der Waals surface area contributed by atoms with E-state index in [-0.39, 0.29) is 17.0 Å². The lowest BCUT2D eigenvalue weighted by Gasteiger charge is -2.21. The smallest absolute Gasteiger partial charge is 0.282 e. The van der Waals surface area contributed by atoms with Crippen LogP contribution in [0.5, 0.6) is 5.75 Å². The van der Waals surface area contributed by atoms with Crippen LogP contribution >= 0.6 is 0 Å². The van der Waals surface area contributed by atoms with Crippen LogP contribution in [0.4, 0.5) is 10.1 Å². The summed E-state index contributed by atoms with van der Waals surface area (Å²) in [6.07, 6.45) is 0. The molecule has 0 saturated heterocycles. The van der Waals surface area contributed by atoms with E-state index in [2.05, 4.69) is 0 Å². The first-order chi connectivity index (χ1) is 15.0. The molecule has 6 heteroatoms. The summed E-state index contributed by atoms with van der Waals surface area (Å²) in [4.78, 5) is 29.5. The normalized spacial score (nSPS) is 13.7. The Morgan fingerprint density at radius 3 is 2.16 bits per heavy atom. The summed E-state index contributed by atoms with van der Waals surface area (Å²) in [7, 11) is 3.30. The number of likely N-dealkylation sites (N-methyl/N-ethyl adjacent to an activating group) is 1. The van der Waals surface area contributed by atoms with E-state index in [0.717, 1.165) is 10.5 Å². The number of rotatable bonds is 6. The lowest BCUT2D eigenvalue weighted by Crippen LogP contribution is -2.34. The molecule has 4 rings (SSSR count). The van der Waals surface area contributed by atoms with E-state index in [9.17, 15) is 14.0 Å². The third kappa shape index (κ3) is 3.80. The monoisotopic (exact) mass is 416 g/mol. The van der Waals surface area contributed by atoms with Gasteiger partial charge in [-0.25, -0.2) is 9.29 Å². The van der Waals surface area contributed by atoms with Crippen molar-refractivity contribution >= 4 is 23.1 Å². The van der Waals surface area contributed by atoms with Crippen molar-refractivity contribution in [3.8, 4) is 5.75 Å². The summed E-state index contributed by atoms with van der Waals surface area (Å²) in [5, 5.41) is 0. The van der Waals surface area contributed by atoms with Gasteiger partial charge in [-0.05, 0) is 35.4 Å². The maximum Gasteiger partial charge on any atom is 0.282 e. The molecular formula is C25H21FN2O3. The molecule has 0 unspecified atom stereocenters. The average Bonchev–Trinajstić information content (AvgIpc) is 3.05. The predicted molar refractivity (Wildman–Crippen MR) is 117 cm³/mol. The molecule has 5 nitrogen and oxygen atoms in total. The fraction of sp³-hybridized carbons (Fsp3) is 0.120. The van der Waals surface area contributed by atoms with Crippen molar-refractivity contribution < 1.29 is 18.7 Å². The highest BCUT2D eigenvalue weighted by molar-refractivity contribution is 6.45. The van der Waals surface area contributed by atoms with E-state index < -0.39 is 17.6 Å². The van der Waals surface area contributed by atoms with Crippen molar-refractivity contribution in [2.75, 3.05) is 19.1 Å². The second-order valence-electron chi connectivity index (χ2n) is 7.19. The van der Waals surface area contributed by atoms with Gasteiger partial charge in [0.1, 0.15) is 17.3 Å². The number of carbonyl (C=O) groups excluding carboxylic acids is 2. The lowest BCUT2D eigenvalue weighted by molar-refractivity contribution is -0.120. The van der Waals surface area contributed by atoms with E-state index in [4.69, 9.17) is 4.74 Å². The summed E-state index contributed by atoms with van der Waals surface area (Å²) < 4.78 is 19.7. The summed E-state index contributed by atoms with van der Waals surface area (Å²) in [5.41, 5.74) is 1.94. The van der Waals surface area contributed by atoms with Crippen molar-refractivity contribution in [3.63, 3.8) is 0 Å². The zero-order valence-electron chi connectivity index (χ0n) is 17.2. The highest BCUT2D eigenvalue weighted by Crippen LogP contribution is 2.36. The Kier molecular flexibility index (Phi) is 5.54. The maximum atomic E-state index is 14.5. The molecule has 3 aromatic carbocycles. The number of hydrogen-bond donors (Lipinski definition) is 0. The SMILES string of the molecule is COc1ccc(C2=C(N(C)Cc3ccccc3)C(=O)N(c3ccccc3F)C2=O)cc1. The van der Waals surface area contributed by atoms with Crippen LogP contribution in [0, 0.1) is 5.82 Å². The molecule has 31 heavy (non-hydrogen) atoms. The van der Waals surface area contributed by atoms with Crippen LogP contribution in [0.25, 0.3) is 5.57 Å². The van der Waals surface area contributed by atoms with Crippen LogP contribution in [0.1, 0.15) is 11.1 Å². The highest BCUT2D eigenvalue weighted by atomic mass is 19.1. The molecule has 0 fully saturated rings. The number of benzene rings is 3. The molecule has 1 aliphatic rings. The number of ether oxygens (including phenoxy) is 1. The number of para-hydroxylation sites is 1. The van der Waals surface area contributed by atoms with Gasteiger partial charge >= 0.3 is 0 Å². The Balaban J connectivity index is 1.81. The minimum atomic E-state index is -0.634. The van der Waals surface area contributed by atoms with Gasteiger partial charge in [0.25, 0.3) is 11.8 Å². The predicted octanol–water partition coefficient (Wildman–Crippen LogP) is 4.25. The zero-order chi connectivity index (χ0) is 22.0. The third-order valence-corrected chi connectivity index (χ3v) is 5.18. The topological polar surface area (TPSA) is 49.9 Å². The third-order valence-electron chi connectivity index (χ3n) is 5.18. The van der Waals surface area contributed by atoms with Gasteiger partial charge in [0.15, 0.2) is 0 Å². The van der Waals surface area contributed by atoms with E-state index in [0.29, 0.717) is 17.9 Å². The molecule has 0 aromatic heterocycles. The molecule has 3 aromatic rings. The first-order valence-electron chi connectivity index (χ1n) is 9.78. The van der Waals surface area contributed by atoms with Gasteiger partial charge in [0.05, 0.1) is 18.4 Å². The van der Waals surface area contributed by atoms with Gasteiger partial charge < -0.3 is 9.64 Å². The maximum absolute atomic E-state index is 14.5. The summed E-state index contributed by atoms with van der Waals surface area (Å²) in [6, 6.07) is 22.3. The fourth-order valence-electron chi connectivity index (χ4n) is 3.68. The first-order valence-corrected chi connectivity index (χ1v) is 9.78. The Morgan fingerprint density at radius 1 is 0.871 bits per heavy atom. The first kappa shape index (κ1) is 20.3. The molecule has 0 bridgehead atoms. The van der Waals surface area contributed by atoms with Crippen LogP contribution in [0.2, 0.25) is 0 Å². The van der Waals surface area contributed by atoms with Crippen molar-refractivity contribution in [1.82, 2.24) is 4.90 Å². The number of imide groups is 1. The van der Waals surface area contributed by atoms with Crippen molar-refractivity contribution in [1.29, 1.82) is 0 Å². The van der Waals surface area contributed by atoms with Crippen LogP contribution in [0.15, 0.2) is 84.6 Å². The molecule has 1 heterocycles. The number of nitrogens with zero attached hydrogens (tertiary/aromatic N) is 2. The van der Waals surface area contributed by atoms with Gasteiger partial charge in [0, 0.05) is 13.6 Å². The largest absolute Gasteiger partial charge is 0.497 e. The number of hydrogen-bond acceptors (Lipinski definition) is 4. The van der Waals surface area contributed by atoms with E-state index in [1.807, 2.05) is 30.3 Å². The average molecular weight is 416 g/mol. The molecular weight excluding hydrogens is 395 g/mol. The highest BCUT2D eigenvalue weighted by Gasteiger charge is 2.42. The summed E-state index contributed by atoms with van der Waals surface area (Å²) in [6.45, 7) is 0.417. The molecule has 0 atom stereocenters. The van der Waals surface area contributed by atoms with Crippen LogP contribution in [-0.2, 0) is 16.1 Å². The minimum absolute atomic E-state index is 0.0633. The van der Waals surface area contributed by atoms with Crippen LogP contribution in [-0.4, -0.2) is 30.9 Å². The number of halogens is 1. The van der Waals surface area contributed by atoms with Gasteiger partial charge in [-0.15, -0.1) is 0 Å². The number of amides is 2. The molecule has 0 radical (unpaired) electrons. The van der Waals surface area contributed by atoms with E-state index in [1.165, 1.54) is 18.2 Å². The molecule has 0 spiro atoms. The molecule has 156 valence electrons. The van der Waals surface area contributed by atoms with E-state index in [1.54, 1.807) is 49.4 Å². The van der Waals surface area contributed by atoms with Gasteiger partial charge in [-0.2, -0.15) is 0 Å². The Hall–Kier alpha value is -3.93. The van der Waals surface area contributed by atoms with Gasteiger partial charge in [-0.1, -0.05) is 54.6 Å². The van der Waals surface area contributed by atoms with Crippen molar-refractivity contribution in [2.45, 2.75) is 6.54 Å². The summed E-state index contributed by atoms with van der Waals surface area (Å²) in [5.74, 6) is -1.12. The van der Waals surface area contributed by atoms with Gasteiger partial charge in [0.2, 0.25) is 0 Å². The lowest BCUT2D eigenvalue weighted by atomic mass is 10.0. The van der Waals surface area contributed by atoms with Crippen molar-refractivity contribution in [3.05, 3.63) is 102 Å². The van der Waals surface area contributed by atoms with Gasteiger partial charge in [-0.3, -0.25) is 9.59 Å². The van der Waals surface area contributed by atoms with Crippen LogP contribution < -0.4 is 9.64 Å². The van der Waals surface area contributed by atoms with Crippen molar-refractivity contribution in [2.24, 2.45) is 0 Å². The van der Waals surface area contributed by atoms with Crippen LogP contribution in [0.3, 0.4) is 0 Å². The fourth-order valence-corrected chi connectivity index (χ4v) is 3.68. The molecule has 1 aliphatic heterocycles. The van der Waals surface area contributed by atoms with E-state index >= 15 is 0 Å². The second kappa shape index (κ2) is 8.44. The molecule has 0 N–H and O–H groups in total. The molecule has 0 saturated carbocycles. The summed E-state index contributed by atoms with van der Waals surface area (Å²) >= 11 is 0. The number of methoxy groups -OCH3 is 1. The molecule has 2 amide bonds. The minimum Gasteiger partial charge on any atom is -0.497 e. The Labute approximate surface area is 180 Å². The number of carbonyl (C=O) groups is 2. The number of anilines is 1. The Bertz CT molecular complexity index is 1160. The standard InChI is InChI=1S/C25H21FN2O3/c1-27(16-17-8-4-3-5-9-17)23-22(18-12-14-19(31-2)15-13-18)24(29)28(25(23)30)21-11-7-6-10-20(21)26/h3-15H,16H2,1-2H3. The Morgan fingerprint density at radius 2 is 1.52 bits per heavy atom. The zero-order valence-corrected chi connectivity index (χ0v) is 17.2. The molecule has 0 aliphatic carbocycles.